The third-order valence-electron chi connectivity index (χ3n) is 3.17. The number of hydrogen-bond donors (Lipinski definition) is 0. The summed E-state index contributed by atoms with van der Waals surface area (Å²) >= 11 is 3.42. The summed E-state index contributed by atoms with van der Waals surface area (Å²) in [5.74, 6) is -0.119. The first-order chi connectivity index (χ1) is 10.3. The highest BCUT2D eigenvalue weighted by Gasteiger charge is 2.26. The summed E-state index contributed by atoms with van der Waals surface area (Å²) in [7, 11) is 1.30. The molecule has 122 valence electrons. The molecule has 0 N–H and O–H groups in total. The molecule has 1 unspecified atom stereocenters. The predicted octanol–water partition coefficient (Wildman–Crippen LogP) is 2.93. The maximum atomic E-state index is 12.5. The van der Waals surface area contributed by atoms with Crippen LogP contribution in [0.2, 0.25) is 0 Å². The van der Waals surface area contributed by atoms with Crippen LogP contribution in [0.5, 0.6) is 5.75 Å². The molecule has 22 heavy (non-hydrogen) atoms. The van der Waals surface area contributed by atoms with Crippen LogP contribution in [0.3, 0.4) is 0 Å². The molecule has 0 aliphatic carbocycles. The van der Waals surface area contributed by atoms with Crippen molar-refractivity contribution >= 4 is 27.8 Å². The molecule has 1 aromatic carbocycles. The van der Waals surface area contributed by atoms with E-state index in [4.69, 9.17) is 4.74 Å². The Bertz CT molecular complexity index is 545. The van der Waals surface area contributed by atoms with Crippen molar-refractivity contribution in [3.8, 4) is 5.75 Å². The minimum absolute atomic E-state index is 0.0875. The zero-order valence-corrected chi connectivity index (χ0v) is 15.1. The highest BCUT2D eigenvalue weighted by Crippen LogP contribution is 2.27. The number of carbonyl (C=O) groups is 2. The van der Waals surface area contributed by atoms with Crippen LogP contribution in [0.1, 0.15) is 26.3 Å². The molecule has 1 rings (SSSR count). The van der Waals surface area contributed by atoms with Crippen LogP contribution in [-0.4, -0.2) is 42.6 Å². The van der Waals surface area contributed by atoms with E-state index < -0.39 is 12.1 Å². The third-order valence-corrected chi connectivity index (χ3v) is 3.79. The SMILES string of the molecule is COC(=O)CN(C(=O)C(C)Oc1ccc(C)cc1Br)C(C)C. The summed E-state index contributed by atoms with van der Waals surface area (Å²) in [5.41, 5.74) is 1.09. The van der Waals surface area contributed by atoms with Gasteiger partial charge in [-0.3, -0.25) is 9.59 Å². The Morgan fingerprint density at radius 2 is 1.91 bits per heavy atom. The minimum Gasteiger partial charge on any atom is -0.480 e. The van der Waals surface area contributed by atoms with Gasteiger partial charge < -0.3 is 14.4 Å². The summed E-state index contributed by atoms with van der Waals surface area (Å²) in [5, 5.41) is 0. The lowest BCUT2D eigenvalue weighted by molar-refractivity contribution is -0.151. The zero-order chi connectivity index (χ0) is 16.9. The Morgan fingerprint density at radius 1 is 1.27 bits per heavy atom. The van der Waals surface area contributed by atoms with Crippen LogP contribution < -0.4 is 4.74 Å². The van der Waals surface area contributed by atoms with E-state index in [2.05, 4.69) is 20.7 Å². The molecule has 0 fully saturated rings. The molecule has 0 spiro atoms. The average Bonchev–Trinajstić information content (AvgIpc) is 2.46. The molecule has 0 aliphatic heterocycles. The second-order valence-corrected chi connectivity index (χ2v) is 6.18. The van der Waals surface area contributed by atoms with Crippen LogP contribution in [0.25, 0.3) is 0 Å². The van der Waals surface area contributed by atoms with Crippen molar-refractivity contribution in [2.24, 2.45) is 0 Å². The van der Waals surface area contributed by atoms with Gasteiger partial charge in [-0.1, -0.05) is 6.07 Å². The highest BCUT2D eigenvalue weighted by molar-refractivity contribution is 9.10. The van der Waals surface area contributed by atoms with Gasteiger partial charge in [0.05, 0.1) is 11.6 Å². The molecule has 0 heterocycles. The molecule has 0 radical (unpaired) electrons. The first-order valence-corrected chi connectivity index (χ1v) is 7.85. The van der Waals surface area contributed by atoms with Crippen molar-refractivity contribution in [3.05, 3.63) is 28.2 Å². The Hall–Kier alpha value is -1.56. The van der Waals surface area contributed by atoms with Crippen LogP contribution in [-0.2, 0) is 14.3 Å². The quantitative estimate of drug-likeness (QED) is 0.721. The van der Waals surface area contributed by atoms with Crippen LogP contribution in [0.4, 0.5) is 0 Å². The van der Waals surface area contributed by atoms with Crippen molar-refractivity contribution in [1.29, 1.82) is 0 Å². The number of carbonyl (C=O) groups excluding carboxylic acids is 2. The topological polar surface area (TPSA) is 55.8 Å². The summed E-state index contributed by atoms with van der Waals surface area (Å²) < 4.78 is 11.1. The number of halogens is 1. The lowest BCUT2D eigenvalue weighted by atomic mass is 10.2. The summed E-state index contributed by atoms with van der Waals surface area (Å²) in [6, 6.07) is 5.51. The zero-order valence-electron chi connectivity index (χ0n) is 13.6. The number of rotatable bonds is 6. The second kappa shape index (κ2) is 8.17. The molecular formula is C16H22BrNO4. The van der Waals surface area contributed by atoms with Gasteiger partial charge in [0.25, 0.3) is 5.91 Å². The minimum atomic E-state index is -0.703. The molecule has 1 aromatic rings. The molecule has 1 amide bonds. The van der Waals surface area contributed by atoms with Crippen molar-refractivity contribution in [1.82, 2.24) is 4.90 Å². The number of methoxy groups -OCH3 is 1. The number of aryl methyl sites for hydroxylation is 1. The Morgan fingerprint density at radius 3 is 2.41 bits per heavy atom. The van der Waals surface area contributed by atoms with Crippen molar-refractivity contribution in [3.63, 3.8) is 0 Å². The van der Waals surface area contributed by atoms with E-state index in [9.17, 15) is 9.59 Å². The molecule has 0 aromatic heterocycles. The smallest absolute Gasteiger partial charge is 0.325 e. The standard InChI is InChI=1S/C16H22BrNO4/c1-10(2)18(9-15(19)21-5)16(20)12(4)22-14-7-6-11(3)8-13(14)17/h6-8,10,12H,9H2,1-5H3. The van der Waals surface area contributed by atoms with Crippen molar-refractivity contribution in [2.75, 3.05) is 13.7 Å². The van der Waals surface area contributed by atoms with E-state index in [0.29, 0.717) is 5.75 Å². The molecule has 0 bridgehead atoms. The van der Waals surface area contributed by atoms with Crippen LogP contribution in [0, 0.1) is 6.92 Å². The molecule has 6 heteroatoms. The number of benzene rings is 1. The van der Waals surface area contributed by atoms with E-state index in [0.717, 1.165) is 10.0 Å². The molecule has 5 nitrogen and oxygen atoms in total. The monoisotopic (exact) mass is 371 g/mol. The molecular weight excluding hydrogens is 350 g/mol. The third kappa shape index (κ3) is 5.02. The van der Waals surface area contributed by atoms with E-state index in [1.807, 2.05) is 39.0 Å². The predicted molar refractivity (Wildman–Crippen MR) is 87.8 cm³/mol. The van der Waals surface area contributed by atoms with Gasteiger partial charge in [-0.25, -0.2) is 0 Å². The number of amides is 1. The van der Waals surface area contributed by atoms with E-state index in [1.54, 1.807) is 6.92 Å². The molecule has 0 saturated heterocycles. The van der Waals surface area contributed by atoms with Gasteiger partial charge >= 0.3 is 5.97 Å². The lowest BCUT2D eigenvalue weighted by Gasteiger charge is -2.28. The maximum Gasteiger partial charge on any atom is 0.325 e. The van der Waals surface area contributed by atoms with Crippen molar-refractivity contribution < 1.29 is 19.1 Å². The fourth-order valence-corrected chi connectivity index (χ4v) is 2.48. The van der Waals surface area contributed by atoms with Crippen LogP contribution >= 0.6 is 15.9 Å². The Kier molecular flexibility index (Phi) is 6.87. The van der Waals surface area contributed by atoms with Crippen molar-refractivity contribution in [2.45, 2.75) is 39.8 Å². The number of nitrogens with zero attached hydrogens (tertiary/aromatic N) is 1. The first-order valence-electron chi connectivity index (χ1n) is 7.06. The second-order valence-electron chi connectivity index (χ2n) is 5.33. The summed E-state index contributed by atoms with van der Waals surface area (Å²) in [6.07, 6.45) is -0.703. The largest absolute Gasteiger partial charge is 0.480 e. The molecule has 1 atom stereocenters. The van der Waals surface area contributed by atoms with Gasteiger partial charge in [-0.2, -0.15) is 0 Å². The fourth-order valence-electron chi connectivity index (χ4n) is 1.89. The van der Waals surface area contributed by atoms with Gasteiger partial charge in [0, 0.05) is 6.04 Å². The summed E-state index contributed by atoms with van der Waals surface area (Å²) in [4.78, 5) is 25.4. The number of ether oxygens (including phenoxy) is 2. The van der Waals surface area contributed by atoms with Gasteiger partial charge in [0.15, 0.2) is 6.10 Å². The number of hydrogen-bond acceptors (Lipinski definition) is 4. The molecule has 0 aliphatic rings. The lowest BCUT2D eigenvalue weighted by Crippen LogP contribution is -2.47. The summed E-state index contributed by atoms with van der Waals surface area (Å²) in [6.45, 7) is 7.24. The van der Waals surface area contributed by atoms with Gasteiger partial charge in [0.1, 0.15) is 12.3 Å². The fraction of sp³-hybridized carbons (Fsp3) is 0.500. The van der Waals surface area contributed by atoms with Gasteiger partial charge in [0.2, 0.25) is 0 Å². The first kappa shape index (κ1) is 18.5. The van der Waals surface area contributed by atoms with Gasteiger partial charge in [-0.15, -0.1) is 0 Å². The van der Waals surface area contributed by atoms with E-state index in [1.165, 1.54) is 12.0 Å². The Balaban J connectivity index is 2.82. The van der Waals surface area contributed by atoms with Crippen LogP contribution in [0.15, 0.2) is 22.7 Å². The Labute approximate surface area is 139 Å². The van der Waals surface area contributed by atoms with Gasteiger partial charge in [-0.05, 0) is 61.3 Å². The molecule has 0 saturated carbocycles. The highest BCUT2D eigenvalue weighted by atomic mass is 79.9. The average molecular weight is 372 g/mol. The van der Waals surface area contributed by atoms with E-state index >= 15 is 0 Å². The normalized spacial score (nSPS) is 12.0. The van der Waals surface area contributed by atoms with E-state index in [-0.39, 0.29) is 18.5 Å². The number of esters is 1. The maximum absolute atomic E-state index is 12.5.